The molecule has 0 aromatic heterocycles. The van der Waals surface area contributed by atoms with E-state index in [2.05, 4.69) is 5.32 Å². The first kappa shape index (κ1) is 19.3. The van der Waals surface area contributed by atoms with Crippen LogP contribution in [0.5, 0.6) is 11.5 Å². The first-order valence-corrected chi connectivity index (χ1v) is 10.1. The van der Waals surface area contributed by atoms with E-state index in [1.165, 1.54) is 6.07 Å². The van der Waals surface area contributed by atoms with Crippen molar-refractivity contribution in [2.75, 3.05) is 11.9 Å². The average Bonchev–Trinajstić information content (AvgIpc) is 3.55. The molecule has 2 aromatic rings. The number of amides is 1. The van der Waals surface area contributed by atoms with E-state index >= 15 is 4.39 Å². The number of hydrogen-bond acceptors (Lipinski definition) is 4. The van der Waals surface area contributed by atoms with Crippen molar-refractivity contribution in [2.24, 2.45) is 11.7 Å². The van der Waals surface area contributed by atoms with E-state index in [1.54, 1.807) is 18.1 Å². The second-order valence-electron chi connectivity index (χ2n) is 7.74. The van der Waals surface area contributed by atoms with Gasteiger partial charge in [0, 0.05) is 36.3 Å². The number of benzene rings is 2. The van der Waals surface area contributed by atoms with Crippen LogP contribution in [0.1, 0.15) is 37.3 Å². The van der Waals surface area contributed by atoms with Gasteiger partial charge in [0.15, 0.2) is 0 Å². The zero-order valence-electron chi connectivity index (χ0n) is 16.7. The molecule has 1 aliphatic carbocycles. The summed E-state index contributed by atoms with van der Waals surface area (Å²) in [6.07, 6.45) is 4.72. The summed E-state index contributed by atoms with van der Waals surface area (Å²) in [5, 5.41) is 2.88. The minimum Gasteiger partial charge on any atom is -0.456 e. The van der Waals surface area contributed by atoms with Crippen molar-refractivity contribution in [2.45, 2.75) is 38.6 Å². The van der Waals surface area contributed by atoms with Gasteiger partial charge in [0.25, 0.3) is 0 Å². The van der Waals surface area contributed by atoms with Crippen LogP contribution in [0.4, 0.5) is 10.1 Å². The van der Waals surface area contributed by atoms with Crippen LogP contribution >= 0.6 is 0 Å². The normalized spacial score (nSPS) is 18.9. The Labute approximate surface area is 170 Å². The second-order valence-corrected chi connectivity index (χ2v) is 7.74. The Morgan fingerprint density at radius 2 is 2.00 bits per heavy atom. The standard InChI is InChI=1S/C23H26FN3O2/c1-14-8-11-17-21(27(14)23(28)15-9-10-15)19(24)12-18(20(25)13-26-2)22(17)29-16-6-4-3-5-7-16/h3-7,12-15,26H,8-11,25H2,1-2H3/b20-13-. The predicted molar refractivity (Wildman–Crippen MR) is 112 cm³/mol. The molecule has 1 aliphatic heterocycles. The molecule has 2 aliphatic rings. The molecule has 0 saturated heterocycles. The molecule has 29 heavy (non-hydrogen) atoms. The van der Waals surface area contributed by atoms with Crippen molar-refractivity contribution < 1.29 is 13.9 Å². The van der Waals surface area contributed by atoms with Crippen LogP contribution in [0.25, 0.3) is 5.70 Å². The predicted octanol–water partition coefficient (Wildman–Crippen LogP) is 4.17. The largest absolute Gasteiger partial charge is 0.456 e. The van der Waals surface area contributed by atoms with Gasteiger partial charge >= 0.3 is 0 Å². The molecule has 6 heteroatoms. The number of nitrogens with one attached hydrogen (secondary N) is 1. The molecule has 2 aromatic carbocycles. The molecule has 152 valence electrons. The van der Waals surface area contributed by atoms with Crippen molar-refractivity contribution in [3.8, 4) is 11.5 Å². The van der Waals surface area contributed by atoms with Gasteiger partial charge in [-0.25, -0.2) is 4.39 Å². The van der Waals surface area contributed by atoms with Gasteiger partial charge in [-0.3, -0.25) is 4.79 Å². The zero-order valence-corrected chi connectivity index (χ0v) is 16.7. The topological polar surface area (TPSA) is 67.6 Å². The Bertz CT molecular complexity index is 954. The van der Waals surface area contributed by atoms with Crippen LogP contribution in [0.3, 0.4) is 0 Å². The lowest BCUT2D eigenvalue weighted by Gasteiger charge is -2.37. The number of fused-ring (bicyclic) bond motifs is 1. The van der Waals surface area contributed by atoms with Gasteiger partial charge in [0.1, 0.15) is 17.3 Å². The first-order chi connectivity index (χ1) is 14.0. The SMILES string of the molecule is CN/C=C(\N)c1cc(F)c2c(c1Oc1ccccc1)CCC(C)N2C(=O)C1CC1. The summed E-state index contributed by atoms with van der Waals surface area (Å²) in [5.74, 6) is 0.726. The summed E-state index contributed by atoms with van der Waals surface area (Å²) in [4.78, 5) is 14.6. The molecule has 0 bridgehead atoms. The Balaban J connectivity index is 1.89. The van der Waals surface area contributed by atoms with Gasteiger partial charge in [-0.1, -0.05) is 18.2 Å². The quantitative estimate of drug-likeness (QED) is 0.797. The van der Waals surface area contributed by atoms with E-state index in [9.17, 15) is 4.79 Å². The molecule has 0 spiro atoms. The maximum Gasteiger partial charge on any atom is 0.230 e. The summed E-state index contributed by atoms with van der Waals surface area (Å²) in [6, 6.07) is 10.7. The van der Waals surface area contributed by atoms with Gasteiger partial charge in [-0.15, -0.1) is 0 Å². The maximum atomic E-state index is 15.4. The summed E-state index contributed by atoms with van der Waals surface area (Å²) in [5.41, 5.74) is 8.10. The number of carbonyl (C=O) groups excluding carboxylic acids is 1. The van der Waals surface area contributed by atoms with Crippen molar-refractivity contribution in [1.82, 2.24) is 5.32 Å². The monoisotopic (exact) mass is 395 g/mol. The van der Waals surface area contributed by atoms with E-state index < -0.39 is 5.82 Å². The van der Waals surface area contributed by atoms with Crippen LogP contribution in [0.15, 0.2) is 42.6 Å². The number of para-hydroxylation sites is 1. The van der Waals surface area contributed by atoms with Gasteiger partial charge < -0.3 is 20.7 Å². The van der Waals surface area contributed by atoms with Crippen molar-refractivity contribution in [1.29, 1.82) is 0 Å². The third-order valence-corrected chi connectivity index (χ3v) is 5.53. The van der Waals surface area contributed by atoms with E-state index in [0.717, 1.165) is 19.3 Å². The van der Waals surface area contributed by atoms with Crippen LogP contribution in [-0.2, 0) is 11.2 Å². The van der Waals surface area contributed by atoms with Gasteiger partial charge in [0.2, 0.25) is 5.91 Å². The number of hydrogen-bond donors (Lipinski definition) is 2. The molecule has 4 rings (SSSR count). The molecule has 5 nitrogen and oxygen atoms in total. The zero-order chi connectivity index (χ0) is 20.5. The van der Waals surface area contributed by atoms with Crippen LogP contribution in [0, 0.1) is 11.7 Å². The molecule has 1 atom stereocenters. The van der Waals surface area contributed by atoms with Crippen LogP contribution in [-0.4, -0.2) is 19.0 Å². The fourth-order valence-electron chi connectivity index (χ4n) is 3.90. The summed E-state index contributed by atoms with van der Waals surface area (Å²) >= 11 is 0. The number of halogens is 1. The Kier molecular flexibility index (Phi) is 5.18. The molecular weight excluding hydrogens is 369 g/mol. The Morgan fingerprint density at radius 3 is 2.66 bits per heavy atom. The van der Waals surface area contributed by atoms with Crippen molar-refractivity contribution in [3.63, 3.8) is 0 Å². The lowest BCUT2D eigenvalue weighted by Crippen LogP contribution is -2.43. The highest BCUT2D eigenvalue weighted by molar-refractivity contribution is 5.99. The highest BCUT2D eigenvalue weighted by Crippen LogP contribution is 2.46. The number of ether oxygens (including phenoxy) is 1. The minimum atomic E-state index is -0.441. The minimum absolute atomic E-state index is 0.00880. The number of anilines is 1. The van der Waals surface area contributed by atoms with Crippen molar-refractivity contribution >= 4 is 17.3 Å². The van der Waals surface area contributed by atoms with Gasteiger partial charge in [-0.2, -0.15) is 0 Å². The van der Waals surface area contributed by atoms with E-state index in [1.807, 2.05) is 37.3 Å². The van der Waals surface area contributed by atoms with Gasteiger partial charge in [-0.05, 0) is 50.8 Å². The molecule has 1 heterocycles. The molecule has 1 amide bonds. The number of rotatable bonds is 5. The van der Waals surface area contributed by atoms with E-state index in [0.29, 0.717) is 40.4 Å². The maximum absolute atomic E-state index is 15.4. The third-order valence-electron chi connectivity index (χ3n) is 5.53. The summed E-state index contributed by atoms with van der Waals surface area (Å²) < 4.78 is 21.6. The fraction of sp³-hybridized carbons (Fsp3) is 0.348. The van der Waals surface area contributed by atoms with E-state index in [-0.39, 0.29) is 17.9 Å². The molecule has 0 radical (unpaired) electrons. The number of nitrogens with two attached hydrogens (primary N) is 1. The second kappa shape index (κ2) is 7.78. The van der Waals surface area contributed by atoms with Crippen LogP contribution in [0.2, 0.25) is 0 Å². The smallest absolute Gasteiger partial charge is 0.230 e. The molecular formula is C23H26FN3O2. The number of carbonyl (C=O) groups is 1. The van der Waals surface area contributed by atoms with Gasteiger partial charge in [0.05, 0.1) is 11.4 Å². The molecule has 1 unspecified atom stereocenters. The Hall–Kier alpha value is -3.02. The number of nitrogens with zero attached hydrogens (tertiary/aromatic N) is 1. The molecule has 1 fully saturated rings. The van der Waals surface area contributed by atoms with Crippen molar-refractivity contribution in [3.05, 3.63) is 59.5 Å². The van der Waals surface area contributed by atoms with E-state index in [4.69, 9.17) is 10.5 Å². The summed E-state index contributed by atoms with van der Waals surface area (Å²) in [6.45, 7) is 1.98. The molecule has 1 saturated carbocycles. The Morgan fingerprint density at radius 1 is 1.28 bits per heavy atom. The summed E-state index contributed by atoms with van der Waals surface area (Å²) in [7, 11) is 1.73. The van der Waals surface area contributed by atoms with Crippen LogP contribution < -0.4 is 20.7 Å². The first-order valence-electron chi connectivity index (χ1n) is 10.1. The highest BCUT2D eigenvalue weighted by Gasteiger charge is 2.40. The highest BCUT2D eigenvalue weighted by atomic mass is 19.1. The fourth-order valence-corrected chi connectivity index (χ4v) is 3.90. The molecule has 3 N–H and O–H groups in total. The lowest BCUT2D eigenvalue weighted by atomic mass is 9.92. The average molecular weight is 395 g/mol. The lowest BCUT2D eigenvalue weighted by molar-refractivity contribution is -0.120. The third kappa shape index (κ3) is 3.67.